The van der Waals surface area contributed by atoms with Crippen molar-refractivity contribution in [2.45, 2.75) is 33.2 Å². The number of rotatable bonds is 4. The average molecular weight is 252 g/mol. The molecule has 4 heteroatoms. The molecule has 0 saturated carbocycles. The Kier molecular flexibility index (Phi) is 3.67. The maximum atomic E-state index is 5.96. The van der Waals surface area contributed by atoms with E-state index in [-0.39, 0.29) is 0 Å². The summed E-state index contributed by atoms with van der Waals surface area (Å²) in [6.07, 6.45) is 3.60. The van der Waals surface area contributed by atoms with E-state index in [9.17, 15) is 0 Å². The van der Waals surface area contributed by atoms with Crippen molar-refractivity contribution in [3.05, 3.63) is 24.3 Å². The van der Waals surface area contributed by atoms with Gasteiger partial charge in [0.25, 0.3) is 0 Å². The van der Waals surface area contributed by atoms with Gasteiger partial charge in [0.1, 0.15) is 11.3 Å². The monoisotopic (exact) mass is 251 g/mol. The zero-order chi connectivity index (χ0) is 12.4. The molecule has 2 aromatic rings. The Morgan fingerprint density at radius 2 is 2.12 bits per heavy atom. The fraction of sp³-hybridized carbons (Fsp3) is 0.538. The minimum absolute atomic E-state index is 0.444. The van der Waals surface area contributed by atoms with E-state index in [1.165, 1.54) is 0 Å². The molecule has 1 atom stereocenters. The van der Waals surface area contributed by atoms with Gasteiger partial charge in [-0.15, -0.1) is 11.6 Å². The van der Waals surface area contributed by atoms with Crippen LogP contribution in [0.3, 0.4) is 0 Å². The van der Waals surface area contributed by atoms with Crippen LogP contribution in [-0.4, -0.2) is 14.5 Å². The van der Waals surface area contributed by atoms with Crippen LogP contribution in [0.4, 0.5) is 0 Å². The number of alkyl halides is 1. The van der Waals surface area contributed by atoms with Crippen LogP contribution in [0.5, 0.6) is 0 Å². The van der Waals surface area contributed by atoms with E-state index in [1.54, 1.807) is 12.4 Å². The number of hydrogen-bond donors (Lipinski definition) is 0. The van der Waals surface area contributed by atoms with Crippen LogP contribution >= 0.6 is 11.6 Å². The van der Waals surface area contributed by atoms with Crippen molar-refractivity contribution in [1.29, 1.82) is 0 Å². The third kappa shape index (κ3) is 2.44. The Morgan fingerprint density at radius 3 is 2.76 bits per heavy atom. The van der Waals surface area contributed by atoms with Gasteiger partial charge in [0.2, 0.25) is 0 Å². The molecule has 2 rings (SSSR count). The van der Waals surface area contributed by atoms with E-state index in [0.29, 0.717) is 17.7 Å². The van der Waals surface area contributed by atoms with Gasteiger partial charge in [0.05, 0.1) is 17.6 Å². The lowest BCUT2D eigenvalue weighted by atomic mass is 9.98. The lowest BCUT2D eigenvalue weighted by Gasteiger charge is -2.18. The van der Waals surface area contributed by atoms with Gasteiger partial charge in [-0.25, -0.2) is 4.98 Å². The number of imidazole rings is 1. The zero-order valence-corrected chi connectivity index (χ0v) is 11.3. The molecule has 2 heterocycles. The normalized spacial score (nSPS) is 13.5. The second-order valence-electron chi connectivity index (χ2n) is 4.86. The molecule has 0 aromatic carbocycles. The van der Waals surface area contributed by atoms with E-state index < -0.39 is 0 Å². The first kappa shape index (κ1) is 12.4. The summed E-state index contributed by atoms with van der Waals surface area (Å²) in [6, 6.07) is 2.01. The lowest BCUT2D eigenvalue weighted by Crippen LogP contribution is -2.14. The molecule has 92 valence electrons. The van der Waals surface area contributed by atoms with E-state index in [1.807, 2.05) is 6.07 Å². The maximum Gasteiger partial charge on any atom is 0.124 e. The van der Waals surface area contributed by atoms with Gasteiger partial charge >= 0.3 is 0 Å². The van der Waals surface area contributed by atoms with Gasteiger partial charge in [0.15, 0.2) is 0 Å². The summed E-state index contributed by atoms with van der Waals surface area (Å²) in [5.41, 5.74) is 2.06. The molecule has 0 amide bonds. The van der Waals surface area contributed by atoms with Gasteiger partial charge in [-0.3, -0.25) is 4.98 Å². The summed E-state index contributed by atoms with van der Waals surface area (Å²) in [7, 11) is 0. The largest absolute Gasteiger partial charge is 0.327 e. The standard InChI is InChI=1S/C13H18ClN3/c1-9(2)10(3)8-17-12-4-5-15-7-11(12)16-13(17)6-14/h4-5,7,9-10H,6,8H2,1-3H3. The second-order valence-corrected chi connectivity index (χ2v) is 5.13. The predicted octanol–water partition coefficient (Wildman–Crippen LogP) is 3.46. The molecule has 0 N–H and O–H groups in total. The van der Waals surface area contributed by atoms with Crippen LogP contribution in [0.15, 0.2) is 18.5 Å². The van der Waals surface area contributed by atoms with Crippen molar-refractivity contribution in [3.63, 3.8) is 0 Å². The number of pyridine rings is 1. The second kappa shape index (κ2) is 5.05. The van der Waals surface area contributed by atoms with Gasteiger partial charge in [0, 0.05) is 12.7 Å². The third-order valence-electron chi connectivity index (χ3n) is 3.36. The highest BCUT2D eigenvalue weighted by molar-refractivity contribution is 6.16. The summed E-state index contributed by atoms with van der Waals surface area (Å²) in [6.45, 7) is 7.70. The smallest absolute Gasteiger partial charge is 0.124 e. The van der Waals surface area contributed by atoms with Crippen molar-refractivity contribution in [2.75, 3.05) is 0 Å². The number of hydrogen-bond acceptors (Lipinski definition) is 2. The van der Waals surface area contributed by atoms with Crippen molar-refractivity contribution in [2.24, 2.45) is 11.8 Å². The van der Waals surface area contributed by atoms with Crippen molar-refractivity contribution in [1.82, 2.24) is 14.5 Å². The van der Waals surface area contributed by atoms with Crippen LogP contribution < -0.4 is 0 Å². The van der Waals surface area contributed by atoms with Crippen molar-refractivity contribution < 1.29 is 0 Å². The van der Waals surface area contributed by atoms with E-state index in [4.69, 9.17) is 11.6 Å². The molecule has 2 aromatic heterocycles. The topological polar surface area (TPSA) is 30.7 Å². The molecule has 0 spiro atoms. The summed E-state index contributed by atoms with van der Waals surface area (Å²) >= 11 is 5.96. The highest BCUT2D eigenvalue weighted by Crippen LogP contribution is 2.20. The minimum atomic E-state index is 0.444. The van der Waals surface area contributed by atoms with Crippen molar-refractivity contribution >= 4 is 22.6 Å². The van der Waals surface area contributed by atoms with Crippen LogP contribution in [0.25, 0.3) is 11.0 Å². The molecule has 3 nitrogen and oxygen atoms in total. The van der Waals surface area contributed by atoms with Gasteiger partial charge in [-0.2, -0.15) is 0 Å². The SMILES string of the molecule is CC(C)C(C)Cn1c(CCl)nc2cnccc21. The molecule has 0 aliphatic heterocycles. The number of nitrogens with zero attached hydrogens (tertiary/aromatic N) is 3. The molecule has 0 fully saturated rings. The quantitative estimate of drug-likeness (QED) is 0.779. The maximum absolute atomic E-state index is 5.96. The first-order valence-corrected chi connectivity index (χ1v) is 6.52. The molecule has 0 bridgehead atoms. The van der Waals surface area contributed by atoms with E-state index in [0.717, 1.165) is 23.4 Å². The zero-order valence-electron chi connectivity index (χ0n) is 10.5. The summed E-state index contributed by atoms with van der Waals surface area (Å²) in [5.74, 6) is 2.63. The summed E-state index contributed by atoms with van der Waals surface area (Å²) in [5, 5.41) is 0. The molecule has 0 aliphatic carbocycles. The third-order valence-corrected chi connectivity index (χ3v) is 3.60. The summed E-state index contributed by atoms with van der Waals surface area (Å²) < 4.78 is 2.22. The average Bonchev–Trinajstić information content (AvgIpc) is 2.67. The lowest BCUT2D eigenvalue weighted by molar-refractivity contribution is 0.365. The Hall–Kier alpha value is -1.09. The molecule has 0 saturated heterocycles. The predicted molar refractivity (Wildman–Crippen MR) is 71.1 cm³/mol. The molecule has 17 heavy (non-hydrogen) atoms. The molecule has 0 aliphatic rings. The Bertz CT molecular complexity index is 504. The highest BCUT2D eigenvalue weighted by atomic mass is 35.5. The van der Waals surface area contributed by atoms with Crippen LogP contribution in [0, 0.1) is 11.8 Å². The van der Waals surface area contributed by atoms with E-state index >= 15 is 0 Å². The number of aromatic nitrogens is 3. The van der Waals surface area contributed by atoms with Gasteiger partial charge in [-0.1, -0.05) is 20.8 Å². The van der Waals surface area contributed by atoms with Crippen LogP contribution in [0.1, 0.15) is 26.6 Å². The van der Waals surface area contributed by atoms with E-state index in [2.05, 4.69) is 35.3 Å². The molecular weight excluding hydrogens is 234 g/mol. The Morgan fingerprint density at radius 1 is 1.35 bits per heavy atom. The minimum Gasteiger partial charge on any atom is -0.327 e. The number of fused-ring (bicyclic) bond motifs is 1. The fourth-order valence-electron chi connectivity index (χ4n) is 1.84. The Balaban J connectivity index is 2.43. The van der Waals surface area contributed by atoms with Crippen molar-refractivity contribution in [3.8, 4) is 0 Å². The first-order valence-electron chi connectivity index (χ1n) is 5.98. The molecule has 0 radical (unpaired) electrons. The van der Waals surface area contributed by atoms with Crippen LogP contribution in [-0.2, 0) is 12.4 Å². The fourth-order valence-corrected chi connectivity index (χ4v) is 2.04. The molecular formula is C13H18ClN3. The first-order chi connectivity index (χ1) is 8.13. The highest BCUT2D eigenvalue weighted by Gasteiger charge is 2.14. The van der Waals surface area contributed by atoms with Gasteiger partial charge < -0.3 is 4.57 Å². The Labute approximate surface area is 107 Å². The number of halogens is 1. The van der Waals surface area contributed by atoms with Gasteiger partial charge in [-0.05, 0) is 17.9 Å². The van der Waals surface area contributed by atoms with Crippen LogP contribution in [0.2, 0.25) is 0 Å². The summed E-state index contributed by atoms with van der Waals surface area (Å²) in [4.78, 5) is 8.61. The molecule has 1 unspecified atom stereocenters.